The number of hydrogen-bond acceptors (Lipinski definition) is 4. The molecule has 6 nitrogen and oxygen atoms in total. The van der Waals surface area contributed by atoms with Crippen LogP contribution in [0.15, 0.2) is 41.3 Å². The lowest BCUT2D eigenvalue weighted by Gasteiger charge is -2.20. The van der Waals surface area contributed by atoms with Gasteiger partial charge in [-0.2, -0.15) is 0 Å². The molecule has 3 N–H and O–H groups in total. The van der Waals surface area contributed by atoms with Gasteiger partial charge in [-0.05, 0) is 12.1 Å². The van der Waals surface area contributed by atoms with Crippen molar-refractivity contribution in [1.82, 2.24) is 5.32 Å². The lowest BCUT2D eigenvalue weighted by atomic mass is 10.3. The number of carboxylic acid groups (broad SMARTS) is 1. The zero-order chi connectivity index (χ0) is 14.5. The maximum atomic E-state index is 11.7. The molecule has 2 amide bonds. The standard InChI is InChI=1S/C13H12N2O4S/c16-11(14-8-4-2-1-3-5-8)6-10-12(17)15-9(7-20-10)13(18)19/h1-6,9H,7H2,(H,14,16)(H,15,17)(H,18,19)/b10-6+. The van der Waals surface area contributed by atoms with E-state index in [0.29, 0.717) is 5.69 Å². The second-order valence-electron chi connectivity index (χ2n) is 4.04. The van der Waals surface area contributed by atoms with Gasteiger partial charge in [0.15, 0.2) is 0 Å². The van der Waals surface area contributed by atoms with Crippen LogP contribution in [0.25, 0.3) is 0 Å². The third kappa shape index (κ3) is 3.61. The van der Waals surface area contributed by atoms with Crippen molar-refractivity contribution in [3.63, 3.8) is 0 Å². The van der Waals surface area contributed by atoms with Gasteiger partial charge in [0, 0.05) is 17.5 Å². The Kier molecular flexibility index (Phi) is 4.41. The summed E-state index contributed by atoms with van der Waals surface area (Å²) in [6, 6.07) is 7.92. The fraction of sp³-hybridized carbons (Fsp3) is 0.154. The number of carboxylic acids is 1. The number of hydrogen-bond donors (Lipinski definition) is 3. The van der Waals surface area contributed by atoms with Gasteiger partial charge >= 0.3 is 5.97 Å². The minimum absolute atomic E-state index is 0.200. The van der Waals surface area contributed by atoms with Gasteiger partial charge in [-0.15, -0.1) is 11.8 Å². The molecular formula is C13H12N2O4S. The highest BCUT2D eigenvalue weighted by Crippen LogP contribution is 2.22. The molecule has 1 heterocycles. The quantitative estimate of drug-likeness (QED) is 0.717. The molecule has 0 aromatic heterocycles. The van der Waals surface area contributed by atoms with Crippen molar-refractivity contribution in [3.05, 3.63) is 41.3 Å². The topological polar surface area (TPSA) is 95.5 Å². The molecule has 0 bridgehead atoms. The molecule has 1 aromatic carbocycles. The first-order chi connectivity index (χ1) is 9.56. The van der Waals surface area contributed by atoms with E-state index in [2.05, 4.69) is 10.6 Å². The molecule has 0 saturated carbocycles. The summed E-state index contributed by atoms with van der Waals surface area (Å²) in [5.74, 6) is -1.86. The molecule has 7 heteroatoms. The number of nitrogens with one attached hydrogen (secondary N) is 2. The molecular weight excluding hydrogens is 280 g/mol. The van der Waals surface area contributed by atoms with Crippen molar-refractivity contribution >= 4 is 35.2 Å². The molecule has 104 valence electrons. The van der Waals surface area contributed by atoms with Crippen LogP contribution in [0.3, 0.4) is 0 Å². The zero-order valence-electron chi connectivity index (χ0n) is 10.3. The SMILES string of the molecule is O=C(/C=C1/SCC(C(=O)O)NC1=O)Nc1ccccc1. The first-order valence-electron chi connectivity index (χ1n) is 5.80. The van der Waals surface area contributed by atoms with E-state index in [0.717, 1.165) is 11.8 Å². The lowest BCUT2D eigenvalue weighted by Crippen LogP contribution is -2.46. The molecule has 0 spiro atoms. The summed E-state index contributed by atoms with van der Waals surface area (Å²) in [5, 5.41) is 13.7. The molecule has 20 heavy (non-hydrogen) atoms. The van der Waals surface area contributed by atoms with Crippen LogP contribution in [0.1, 0.15) is 0 Å². The van der Waals surface area contributed by atoms with Crippen LogP contribution in [-0.2, 0) is 14.4 Å². The van der Waals surface area contributed by atoms with Crippen molar-refractivity contribution in [2.24, 2.45) is 0 Å². The summed E-state index contributed by atoms with van der Waals surface area (Å²) >= 11 is 1.05. The van der Waals surface area contributed by atoms with Crippen molar-refractivity contribution < 1.29 is 19.5 Å². The van der Waals surface area contributed by atoms with Crippen molar-refractivity contribution in [1.29, 1.82) is 0 Å². The molecule has 1 saturated heterocycles. The van der Waals surface area contributed by atoms with Gasteiger partial charge in [0.2, 0.25) is 5.91 Å². The summed E-state index contributed by atoms with van der Waals surface area (Å²) < 4.78 is 0. The maximum Gasteiger partial charge on any atom is 0.327 e. The summed E-state index contributed by atoms with van der Waals surface area (Å²) in [4.78, 5) is 34.3. The Labute approximate surface area is 119 Å². The molecule has 0 aliphatic carbocycles. The predicted molar refractivity (Wildman–Crippen MR) is 75.2 cm³/mol. The van der Waals surface area contributed by atoms with E-state index in [9.17, 15) is 14.4 Å². The highest BCUT2D eigenvalue weighted by molar-refractivity contribution is 8.04. The minimum atomic E-state index is -1.08. The van der Waals surface area contributed by atoms with Gasteiger partial charge in [0.1, 0.15) is 6.04 Å². The number of amides is 2. The third-order valence-electron chi connectivity index (χ3n) is 2.54. The van der Waals surface area contributed by atoms with Crippen molar-refractivity contribution in [3.8, 4) is 0 Å². The number of para-hydroxylation sites is 1. The molecule has 1 unspecified atom stereocenters. The molecule has 1 aliphatic rings. The number of carbonyl (C=O) groups is 3. The van der Waals surface area contributed by atoms with Gasteiger partial charge < -0.3 is 15.7 Å². The average Bonchev–Trinajstić information content (AvgIpc) is 2.42. The summed E-state index contributed by atoms with van der Waals surface area (Å²) in [6.45, 7) is 0. The van der Waals surface area contributed by atoms with Crippen LogP contribution in [0, 0.1) is 0 Å². The Morgan fingerprint density at radius 3 is 2.65 bits per heavy atom. The summed E-state index contributed by atoms with van der Waals surface area (Å²) in [7, 11) is 0. The first kappa shape index (κ1) is 14.1. The van der Waals surface area contributed by atoms with E-state index < -0.39 is 23.8 Å². The van der Waals surface area contributed by atoms with E-state index in [1.165, 1.54) is 6.08 Å². The van der Waals surface area contributed by atoms with Gasteiger partial charge in [-0.1, -0.05) is 18.2 Å². The number of anilines is 1. The normalized spacial score (nSPS) is 20.3. The van der Waals surface area contributed by atoms with Gasteiger partial charge in [0.25, 0.3) is 5.91 Å². The Balaban J connectivity index is 1.99. The second kappa shape index (κ2) is 6.25. The smallest absolute Gasteiger partial charge is 0.327 e. The van der Waals surface area contributed by atoms with Crippen LogP contribution < -0.4 is 10.6 Å². The van der Waals surface area contributed by atoms with Gasteiger partial charge in [-0.25, -0.2) is 4.79 Å². The first-order valence-corrected chi connectivity index (χ1v) is 6.79. The molecule has 1 aromatic rings. The molecule has 1 atom stereocenters. The zero-order valence-corrected chi connectivity index (χ0v) is 11.1. The largest absolute Gasteiger partial charge is 0.480 e. The van der Waals surface area contributed by atoms with Crippen LogP contribution >= 0.6 is 11.8 Å². The third-order valence-corrected chi connectivity index (χ3v) is 3.65. The van der Waals surface area contributed by atoms with Crippen LogP contribution in [0.2, 0.25) is 0 Å². The maximum absolute atomic E-state index is 11.7. The van der Waals surface area contributed by atoms with Crippen molar-refractivity contribution in [2.75, 3.05) is 11.1 Å². The monoisotopic (exact) mass is 292 g/mol. The molecule has 1 aliphatic heterocycles. The minimum Gasteiger partial charge on any atom is -0.480 e. The number of thioether (sulfide) groups is 1. The van der Waals surface area contributed by atoms with Crippen LogP contribution in [0.5, 0.6) is 0 Å². The highest BCUT2D eigenvalue weighted by Gasteiger charge is 2.28. The Morgan fingerprint density at radius 2 is 2.05 bits per heavy atom. The lowest BCUT2D eigenvalue weighted by molar-refractivity contribution is -0.140. The Hall–Kier alpha value is -2.28. The molecule has 2 rings (SSSR count). The number of benzene rings is 1. The van der Waals surface area contributed by atoms with E-state index in [1.807, 2.05) is 6.07 Å². The van der Waals surface area contributed by atoms with Crippen LogP contribution in [-0.4, -0.2) is 34.7 Å². The number of rotatable bonds is 3. The highest BCUT2D eigenvalue weighted by atomic mass is 32.2. The fourth-order valence-electron chi connectivity index (χ4n) is 1.57. The Morgan fingerprint density at radius 1 is 1.35 bits per heavy atom. The second-order valence-corrected chi connectivity index (χ2v) is 5.10. The van der Waals surface area contributed by atoms with Crippen LogP contribution in [0.4, 0.5) is 5.69 Å². The number of carbonyl (C=O) groups excluding carboxylic acids is 2. The molecule has 1 fully saturated rings. The van der Waals surface area contributed by atoms with Gasteiger partial charge in [-0.3, -0.25) is 9.59 Å². The fourth-order valence-corrected chi connectivity index (χ4v) is 2.52. The van der Waals surface area contributed by atoms with E-state index in [-0.39, 0.29) is 10.7 Å². The summed E-state index contributed by atoms with van der Waals surface area (Å²) in [5.41, 5.74) is 0.624. The summed E-state index contributed by atoms with van der Waals surface area (Å²) in [6.07, 6.45) is 1.17. The number of aliphatic carboxylic acids is 1. The van der Waals surface area contributed by atoms with E-state index >= 15 is 0 Å². The van der Waals surface area contributed by atoms with Gasteiger partial charge in [0.05, 0.1) is 4.91 Å². The van der Waals surface area contributed by atoms with E-state index in [4.69, 9.17) is 5.11 Å². The average molecular weight is 292 g/mol. The Bertz CT molecular complexity index is 571. The van der Waals surface area contributed by atoms with Crippen molar-refractivity contribution in [2.45, 2.75) is 6.04 Å². The predicted octanol–water partition coefficient (Wildman–Crippen LogP) is 0.825. The van der Waals surface area contributed by atoms with E-state index in [1.54, 1.807) is 24.3 Å². The molecule has 0 radical (unpaired) electrons.